The van der Waals surface area contributed by atoms with Crippen molar-refractivity contribution in [3.05, 3.63) is 30.3 Å². The van der Waals surface area contributed by atoms with E-state index in [4.69, 9.17) is 4.74 Å². The molecule has 1 aromatic rings. The van der Waals surface area contributed by atoms with E-state index in [2.05, 4.69) is 0 Å². The molecule has 0 fully saturated rings. The molecule has 0 saturated heterocycles. The molecule has 0 atom stereocenters. The second kappa shape index (κ2) is 6.28. The number of carbonyl (C=O) groups excluding carboxylic acids is 1. The van der Waals surface area contributed by atoms with Gasteiger partial charge in [0.25, 0.3) is 0 Å². The van der Waals surface area contributed by atoms with E-state index < -0.39 is 0 Å². The molecule has 1 aromatic carbocycles. The third-order valence-corrected chi connectivity index (χ3v) is 2.34. The minimum absolute atomic E-state index is 0.100. The molecular formula is C13H19NO2. The zero-order valence-corrected chi connectivity index (χ0v) is 10.1. The summed E-state index contributed by atoms with van der Waals surface area (Å²) >= 11 is 0. The topological polar surface area (TPSA) is 29.5 Å². The molecule has 0 aromatic heterocycles. The predicted octanol–water partition coefficient (Wildman–Crippen LogP) is 2.46. The van der Waals surface area contributed by atoms with Gasteiger partial charge in [-0.1, -0.05) is 18.2 Å². The number of ether oxygens (including phenoxy) is 1. The Hall–Kier alpha value is -1.35. The molecule has 3 nitrogen and oxygen atoms in total. The van der Waals surface area contributed by atoms with Crippen LogP contribution in [-0.2, 0) is 9.53 Å². The van der Waals surface area contributed by atoms with E-state index in [0.29, 0.717) is 13.0 Å². The van der Waals surface area contributed by atoms with E-state index in [0.717, 1.165) is 5.69 Å². The van der Waals surface area contributed by atoms with E-state index >= 15 is 0 Å². The summed E-state index contributed by atoms with van der Waals surface area (Å²) in [6.45, 7) is 4.49. The van der Waals surface area contributed by atoms with E-state index in [1.54, 1.807) is 12.0 Å². The molecule has 0 aliphatic carbocycles. The van der Waals surface area contributed by atoms with Crippen molar-refractivity contribution in [3.8, 4) is 0 Å². The number of carbonyl (C=O) groups is 1. The SMILES string of the molecule is COCCC(=O)N(c1ccccc1)C(C)C. The van der Waals surface area contributed by atoms with Crippen molar-refractivity contribution < 1.29 is 9.53 Å². The first kappa shape index (κ1) is 12.7. The molecule has 0 aliphatic rings. The Morgan fingerprint density at radius 2 is 1.94 bits per heavy atom. The first-order valence-electron chi connectivity index (χ1n) is 5.53. The van der Waals surface area contributed by atoms with Crippen molar-refractivity contribution in [1.29, 1.82) is 0 Å². The molecular weight excluding hydrogens is 202 g/mol. The summed E-state index contributed by atoms with van der Waals surface area (Å²) in [4.78, 5) is 13.8. The van der Waals surface area contributed by atoms with Crippen LogP contribution in [0.1, 0.15) is 20.3 Å². The molecule has 0 aliphatic heterocycles. The van der Waals surface area contributed by atoms with Crippen LogP contribution >= 0.6 is 0 Å². The summed E-state index contributed by atoms with van der Waals surface area (Å²) in [6.07, 6.45) is 0.420. The summed E-state index contributed by atoms with van der Waals surface area (Å²) in [7, 11) is 1.61. The van der Waals surface area contributed by atoms with Gasteiger partial charge in [0.05, 0.1) is 13.0 Å². The molecule has 1 amide bonds. The van der Waals surface area contributed by atoms with Crippen LogP contribution in [0.2, 0.25) is 0 Å². The third-order valence-electron chi connectivity index (χ3n) is 2.34. The Kier molecular flexibility index (Phi) is 4.99. The minimum Gasteiger partial charge on any atom is -0.384 e. The largest absolute Gasteiger partial charge is 0.384 e. The summed E-state index contributed by atoms with van der Waals surface area (Å²) in [5.41, 5.74) is 0.943. The molecule has 88 valence electrons. The maximum Gasteiger partial charge on any atom is 0.229 e. The predicted molar refractivity (Wildman–Crippen MR) is 65.6 cm³/mol. The molecule has 3 heteroatoms. The van der Waals surface area contributed by atoms with Crippen LogP contribution in [0, 0.1) is 0 Å². The van der Waals surface area contributed by atoms with Crippen molar-refractivity contribution in [2.45, 2.75) is 26.3 Å². The molecule has 16 heavy (non-hydrogen) atoms. The van der Waals surface area contributed by atoms with Gasteiger partial charge in [0.1, 0.15) is 0 Å². The normalized spacial score (nSPS) is 10.5. The highest BCUT2D eigenvalue weighted by Crippen LogP contribution is 2.17. The van der Waals surface area contributed by atoms with Gasteiger partial charge in [-0.25, -0.2) is 0 Å². The maximum absolute atomic E-state index is 12.0. The Balaban J connectivity index is 2.79. The van der Waals surface area contributed by atoms with Gasteiger partial charge >= 0.3 is 0 Å². The number of nitrogens with zero attached hydrogens (tertiary/aromatic N) is 1. The van der Waals surface area contributed by atoms with Gasteiger partial charge in [-0.15, -0.1) is 0 Å². The lowest BCUT2D eigenvalue weighted by Gasteiger charge is -2.26. The standard InChI is InChI=1S/C13H19NO2/c1-11(2)14(13(15)9-10-16-3)12-7-5-4-6-8-12/h4-8,11H,9-10H2,1-3H3. The van der Waals surface area contributed by atoms with Crippen LogP contribution in [0.15, 0.2) is 30.3 Å². The van der Waals surface area contributed by atoms with E-state index in [-0.39, 0.29) is 11.9 Å². The average Bonchev–Trinajstić information content (AvgIpc) is 2.27. The lowest BCUT2D eigenvalue weighted by Crippen LogP contribution is -2.37. The van der Waals surface area contributed by atoms with Gasteiger partial charge in [-0.2, -0.15) is 0 Å². The number of hydrogen-bond donors (Lipinski definition) is 0. The highest BCUT2D eigenvalue weighted by Gasteiger charge is 2.17. The van der Waals surface area contributed by atoms with E-state index in [9.17, 15) is 4.79 Å². The molecule has 0 saturated carbocycles. The van der Waals surface area contributed by atoms with Crippen LogP contribution in [0.3, 0.4) is 0 Å². The summed E-state index contributed by atoms with van der Waals surface area (Å²) in [5, 5.41) is 0. The first-order chi connectivity index (χ1) is 7.66. The molecule has 0 heterocycles. The highest BCUT2D eigenvalue weighted by molar-refractivity contribution is 5.93. The summed E-state index contributed by atoms with van der Waals surface area (Å²) in [6, 6.07) is 9.88. The number of amides is 1. The van der Waals surface area contributed by atoms with Crippen LogP contribution in [0.5, 0.6) is 0 Å². The number of methoxy groups -OCH3 is 1. The molecule has 1 rings (SSSR count). The van der Waals surface area contributed by atoms with E-state index in [1.807, 2.05) is 44.2 Å². The van der Waals surface area contributed by atoms with Crippen molar-refractivity contribution in [3.63, 3.8) is 0 Å². The average molecular weight is 221 g/mol. The van der Waals surface area contributed by atoms with E-state index in [1.165, 1.54) is 0 Å². The molecule has 0 unspecified atom stereocenters. The lowest BCUT2D eigenvalue weighted by molar-refractivity contribution is -0.119. The molecule has 0 bridgehead atoms. The minimum atomic E-state index is 0.100. The molecule has 0 spiro atoms. The first-order valence-corrected chi connectivity index (χ1v) is 5.53. The second-order valence-corrected chi connectivity index (χ2v) is 3.94. The van der Waals surface area contributed by atoms with Crippen molar-refractivity contribution in [2.75, 3.05) is 18.6 Å². The number of benzene rings is 1. The Morgan fingerprint density at radius 3 is 2.44 bits per heavy atom. The Labute approximate surface area is 97.0 Å². The van der Waals surface area contributed by atoms with Gasteiger partial charge < -0.3 is 9.64 Å². The summed E-state index contributed by atoms with van der Waals surface area (Å²) < 4.78 is 4.93. The van der Waals surface area contributed by atoms with Gasteiger partial charge in [-0.3, -0.25) is 4.79 Å². The lowest BCUT2D eigenvalue weighted by atomic mass is 10.2. The van der Waals surface area contributed by atoms with Crippen molar-refractivity contribution >= 4 is 11.6 Å². The number of hydrogen-bond acceptors (Lipinski definition) is 2. The quantitative estimate of drug-likeness (QED) is 0.764. The van der Waals surface area contributed by atoms with Gasteiger partial charge in [-0.05, 0) is 26.0 Å². The van der Waals surface area contributed by atoms with Crippen LogP contribution in [-0.4, -0.2) is 25.7 Å². The zero-order chi connectivity index (χ0) is 12.0. The van der Waals surface area contributed by atoms with Gasteiger partial charge in [0.15, 0.2) is 0 Å². The van der Waals surface area contributed by atoms with Crippen LogP contribution < -0.4 is 4.90 Å². The monoisotopic (exact) mass is 221 g/mol. The fourth-order valence-corrected chi connectivity index (χ4v) is 1.63. The number of anilines is 1. The van der Waals surface area contributed by atoms with Crippen LogP contribution in [0.25, 0.3) is 0 Å². The maximum atomic E-state index is 12.0. The van der Waals surface area contributed by atoms with Crippen LogP contribution in [0.4, 0.5) is 5.69 Å². The second-order valence-electron chi connectivity index (χ2n) is 3.94. The number of rotatable bonds is 5. The number of para-hydroxylation sites is 1. The smallest absolute Gasteiger partial charge is 0.229 e. The van der Waals surface area contributed by atoms with Gasteiger partial charge in [0.2, 0.25) is 5.91 Å². The Morgan fingerprint density at radius 1 is 1.31 bits per heavy atom. The fraction of sp³-hybridized carbons (Fsp3) is 0.462. The highest BCUT2D eigenvalue weighted by atomic mass is 16.5. The van der Waals surface area contributed by atoms with Crippen molar-refractivity contribution in [1.82, 2.24) is 0 Å². The van der Waals surface area contributed by atoms with Gasteiger partial charge in [0, 0.05) is 18.8 Å². The zero-order valence-electron chi connectivity index (χ0n) is 10.1. The summed E-state index contributed by atoms with van der Waals surface area (Å²) in [5.74, 6) is 0.100. The molecule has 0 N–H and O–H groups in total. The van der Waals surface area contributed by atoms with Crippen molar-refractivity contribution in [2.24, 2.45) is 0 Å². The molecule has 0 radical (unpaired) electrons. The third kappa shape index (κ3) is 3.35. The fourth-order valence-electron chi connectivity index (χ4n) is 1.63. The Bertz CT molecular complexity index is 322.